The summed E-state index contributed by atoms with van der Waals surface area (Å²) in [6.45, 7) is 2.57. The molecule has 0 saturated heterocycles. The Balaban J connectivity index is 1.74. The number of halogens is 1. The van der Waals surface area contributed by atoms with Crippen molar-refractivity contribution in [1.82, 2.24) is 9.55 Å². The Bertz CT molecular complexity index is 1180. The average Bonchev–Trinajstić information content (AvgIpc) is 3.32. The van der Waals surface area contributed by atoms with Crippen LogP contribution in [0.25, 0.3) is 16.6 Å². The van der Waals surface area contributed by atoms with Gasteiger partial charge in [-0.15, -0.1) is 0 Å². The molecule has 7 heteroatoms. The third-order valence-electron chi connectivity index (χ3n) is 5.66. The molecular formula is C24H25FN4O2. The Labute approximate surface area is 179 Å². The van der Waals surface area contributed by atoms with Crippen molar-refractivity contribution in [3.05, 3.63) is 70.0 Å². The van der Waals surface area contributed by atoms with E-state index in [0.717, 1.165) is 24.8 Å². The minimum Gasteiger partial charge on any atom is -0.300 e. The molecule has 0 aliphatic carbocycles. The summed E-state index contributed by atoms with van der Waals surface area (Å²) in [6.07, 6.45) is 3.95. The SMILES string of the molecule is CCC(=O)CCCCc1nc2cc(C3CCN=N3)ccc2c(=O)n1-c1ccc(F)cc1. The Morgan fingerprint density at radius 1 is 1.16 bits per heavy atom. The molecule has 1 aliphatic heterocycles. The molecule has 0 N–H and O–H groups in total. The molecule has 0 fully saturated rings. The summed E-state index contributed by atoms with van der Waals surface area (Å²) in [6, 6.07) is 11.5. The molecule has 31 heavy (non-hydrogen) atoms. The minimum atomic E-state index is -0.361. The highest BCUT2D eigenvalue weighted by Gasteiger charge is 2.18. The van der Waals surface area contributed by atoms with Crippen LogP contribution in [0.2, 0.25) is 0 Å². The lowest BCUT2D eigenvalue weighted by atomic mass is 10.0. The largest absolute Gasteiger partial charge is 0.300 e. The molecule has 0 amide bonds. The predicted molar refractivity (Wildman–Crippen MR) is 117 cm³/mol. The molecule has 0 spiro atoms. The molecule has 4 rings (SSSR count). The normalized spacial score (nSPS) is 15.6. The summed E-state index contributed by atoms with van der Waals surface area (Å²) in [4.78, 5) is 29.8. The van der Waals surface area contributed by atoms with Crippen molar-refractivity contribution < 1.29 is 9.18 Å². The van der Waals surface area contributed by atoms with Gasteiger partial charge in [-0.05, 0) is 61.2 Å². The molecule has 1 aromatic heterocycles. The summed E-state index contributed by atoms with van der Waals surface area (Å²) in [7, 11) is 0. The second-order valence-corrected chi connectivity index (χ2v) is 7.81. The van der Waals surface area contributed by atoms with Crippen molar-refractivity contribution in [3.63, 3.8) is 0 Å². The molecule has 0 radical (unpaired) electrons. The third-order valence-corrected chi connectivity index (χ3v) is 5.66. The van der Waals surface area contributed by atoms with E-state index in [1.807, 2.05) is 19.1 Å². The van der Waals surface area contributed by atoms with Gasteiger partial charge < -0.3 is 0 Å². The summed E-state index contributed by atoms with van der Waals surface area (Å²) in [5, 5.41) is 8.84. The van der Waals surface area contributed by atoms with Crippen LogP contribution >= 0.6 is 0 Å². The van der Waals surface area contributed by atoms with Gasteiger partial charge in [-0.25, -0.2) is 9.37 Å². The topological polar surface area (TPSA) is 76.7 Å². The van der Waals surface area contributed by atoms with Crippen LogP contribution < -0.4 is 5.56 Å². The van der Waals surface area contributed by atoms with E-state index in [-0.39, 0.29) is 23.2 Å². The van der Waals surface area contributed by atoms with E-state index in [4.69, 9.17) is 4.98 Å². The number of rotatable bonds is 8. The van der Waals surface area contributed by atoms with Crippen LogP contribution in [0.5, 0.6) is 0 Å². The molecule has 0 saturated carbocycles. The van der Waals surface area contributed by atoms with Gasteiger partial charge in [-0.1, -0.05) is 13.0 Å². The summed E-state index contributed by atoms with van der Waals surface area (Å²) >= 11 is 0. The van der Waals surface area contributed by atoms with Gasteiger partial charge in [0.05, 0.1) is 29.2 Å². The zero-order valence-corrected chi connectivity index (χ0v) is 17.6. The molecule has 1 unspecified atom stereocenters. The van der Waals surface area contributed by atoms with Gasteiger partial charge in [0.15, 0.2) is 0 Å². The van der Waals surface area contributed by atoms with Crippen molar-refractivity contribution in [3.8, 4) is 5.69 Å². The third kappa shape index (κ3) is 4.60. The maximum Gasteiger partial charge on any atom is 0.265 e. The summed E-state index contributed by atoms with van der Waals surface area (Å²) < 4.78 is 15.0. The van der Waals surface area contributed by atoms with Gasteiger partial charge in [0.1, 0.15) is 17.4 Å². The quantitative estimate of drug-likeness (QED) is 0.475. The smallest absolute Gasteiger partial charge is 0.265 e. The highest BCUT2D eigenvalue weighted by atomic mass is 19.1. The fourth-order valence-corrected chi connectivity index (χ4v) is 3.89. The summed E-state index contributed by atoms with van der Waals surface area (Å²) in [5.74, 6) is 0.483. The first kappa shape index (κ1) is 21.0. The standard InChI is InChI=1S/C24H25FN4O2/c1-2-19(30)5-3-4-6-23-27-22-15-16(21-13-14-26-28-21)7-12-20(22)24(31)29(23)18-10-8-17(25)9-11-18/h7-12,15,21H,2-6,13-14H2,1H3. The second-order valence-electron chi connectivity index (χ2n) is 7.81. The van der Waals surface area contributed by atoms with E-state index >= 15 is 0 Å². The molecule has 2 heterocycles. The van der Waals surface area contributed by atoms with Crippen LogP contribution in [0, 0.1) is 5.82 Å². The zero-order valence-electron chi connectivity index (χ0n) is 17.6. The number of carbonyl (C=O) groups excluding carboxylic acids is 1. The molecule has 1 aliphatic rings. The molecule has 3 aromatic rings. The lowest BCUT2D eigenvalue weighted by Crippen LogP contribution is -2.24. The second kappa shape index (κ2) is 9.29. The number of hydrogen-bond acceptors (Lipinski definition) is 5. The van der Waals surface area contributed by atoms with Gasteiger partial charge in [-0.2, -0.15) is 10.2 Å². The Morgan fingerprint density at radius 2 is 1.97 bits per heavy atom. The van der Waals surface area contributed by atoms with E-state index in [9.17, 15) is 14.0 Å². The van der Waals surface area contributed by atoms with Crippen molar-refractivity contribution >= 4 is 16.7 Å². The van der Waals surface area contributed by atoms with E-state index in [2.05, 4.69) is 10.2 Å². The number of fused-ring (bicyclic) bond motifs is 1. The predicted octanol–water partition coefficient (Wildman–Crippen LogP) is 5.11. The number of carbonyl (C=O) groups is 1. The van der Waals surface area contributed by atoms with Crippen LogP contribution in [0.4, 0.5) is 4.39 Å². The highest BCUT2D eigenvalue weighted by molar-refractivity contribution is 5.79. The van der Waals surface area contributed by atoms with Gasteiger partial charge in [0, 0.05) is 19.3 Å². The molecule has 6 nitrogen and oxygen atoms in total. The molecule has 0 bridgehead atoms. The van der Waals surface area contributed by atoms with Crippen molar-refractivity contribution in [2.75, 3.05) is 6.54 Å². The lowest BCUT2D eigenvalue weighted by molar-refractivity contribution is -0.118. The fraction of sp³-hybridized carbons (Fsp3) is 0.375. The maximum absolute atomic E-state index is 13.5. The van der Waals surface area contributed by atoms with E-state index in [0.29, 0.717) is 48.2 Å². The summed E-state index contributed by atoms with van der Waals surface area (Å²) in [5.41, 5.74) is 2.02. The minimum absolute atomic E-state index is 0.00855. The number of hydrogen-bond donors (Lipinski definition) is 0. The Kier molecular flexibility index (Phi) is 6.30. The highest BCUT2D eigenvalue weighted by Crippen LogP contribution is 2.28. The fourth-order valence-electron chi connectivity index (χ4n) is 3.89. The van der Waals surface area contributed by atoms with Crippen LogP contribution in [0.3, 0.4) is 0 Å². The first-order valence-electron chi connectivity index (χ1n) is 10.8. The zero-order chi connectivity index (χ0) is 21.8. The number of ketones is 1. The van der Waals surface area contributed by atoms with Crippen molar-refractivity contribution in [1.29, 1.82) is 0 Å². The van der Waals surface area contributed by atoms with E-state index in [1.54, 1.807) is 22.8 Å². The maximum atomic E-state index is 13.5. The van der Waals surface area contributed by atoms with Gasteiger partial charge in [0.2, 0.25) is 0 Å². The van der Waals surface area contributed by atoms with E-state index in [1.165, 1.54) is 12.1 Å². The average molecular weight is 420 g/mol. The van der Waals surface area contributed by atoms with Gasteiger partial charge in [0.25, 0.3) is 5.56 Å². The van der Waals surface area contributed by atoms with Crippen LogP contribution in [-0.2, 0) is 11.2 Å². The van der Waals surface area contributed by atoms with Crippen LogP contribution in [0.1, 0.15) is 56.5 Å². The first-order valence-corrected chi connectivity index (χ1v) is 10.8. The molecular weight excluding hydrogens is 395 g/mol. The Morgan fingerprint density at radius 3 is 2.68 bits per heavy atom. The number of azo groups is 1. The number of Topliss-reactive ketones (excluding diaryl/α,β-unsaturated/α-hetero) is 1. The van der Waals surface area contributed by atoms with Crippen molar-refractivity contribution in [2.45, 2.75) is 51.5 Å². The molecule has 2 aromatic carbocycles. The van der Waals surface area contributed by atoms with Crippen LogP contribution in [-0.4, -0.2) is 21.9 Å². The van der Waals surface area contributed by atoms with Crippen molar-refractivity contribution in [2.24, 2.45) is 10.2 Å². The molecule has 160 valence electrons. The monoisotopic (exact) mass is 420 g/mol. The van der Waals surface area contributed by atoms with Gasteiger partial charge >= 0.3 is 0 Å². The molecule has 1 atom stereocenters. The van der Waals surface area contributed by atoms with Gasteiger partial charge in [-0.3, -0.25) is 14.2 Å². The lowest BCUT2D eigenvalue weighted by Gasteiger charge is -2.15. The number of aryl methyl sites for hydroxylation is 1. The number of nitrogens with zero attached hydrogens (tertiary/aromatic N) is 4. The first-order chi connectivity index (χ1) is 15.1. The Hall–Kier alpha value is -3.22. The number of benzene rings is 2. The van der Waals surface area contributed by atoms with E-state index < -0.39 is 0 Å². The van der Waals surface area contributed by atoms with Crippen LogP contribution in [0.15, 0.2) is 57.5 Å². The number of unbranched alkanes of at least 4 members (excludes halogenated alkanes) is 1. The number of aromatic nitrogens is 2.